The minimum atomic E-state index is -0.253. The molecule has 7 nitrogen and oxygen atoms in total. The van der Waals surface area contributed by atoms with Crippen molar-refractivity contribution in [3.05, 3.63) is 34.1 Å². The Hall–Kier alpha value is -1.71. The van der Waals surface area contributed by atoms with Crippen molar-refractivity contribution in [3.63, 3.8) is 0 Å². The van der Waals surface area contributed by atoms with Crippen LogP contribution in [0.25, 0.3) is 0 Å². The first-order valence-corrected chi connectivity index (χ1v) is 9.70. The molecule has 1 saturated heterocycles. The maximum Gasteiger partial charge on any atom is 0.234 e. The lowest BCUT2D eigenvalue weighted by atomic mass is 10.2. The van der Waals surface area contributed by atoms with Crippen LogP contribution in [0, 0.1) is 5.82 Å². The standard InChI is InChI=1S/C18H27BrFN5O2/c1-21-18(23-12-14-3-4-15(19)11-16(14)20)25-8-6-24(7-9-25)13-17(26)22-5-10-27-2/h3-4,11H,5-10,12-13H2,1-2H3,(H,21,23)(H,22,26). The monoisotopic (exact) mass is 443 g/mol. The molecule has 0 aromatic heterocycles. The van der Waals surface area contributed by atoms with E-state index in [1.807, 2.05) is 6.07 Å². The summed E-state index contributed by atoms with van der Waals surface area (Å²) in [7, 11) is 3.33. The van der Waals surface area contributed by atoms with Crippen molar-refractivity contribution in [2.75, 3.05) is 60.0 Å². The number of methoxy groups -OCH3 is 1. The molecular weight excluding hydrogens is 417 g/mol. The highest BCUT2D eigenvalue weighted by Gasteiger charge is 2.21. The Bertz CT molecular complexity index is 651. The van der Waals surface area contributed by atoms with Crippen molar-refractivity contribution in [2.24, 2.45) is 4.99 Å². The highest BCUT2D eigenvalue weighted by atomic mass is 79.9. The molecule has 0 aliphatic carbocycles. The van der Waals surface area contributed by atoms with Gasteiger partial charge in [0.15, 0.2) is 5.96 Å². The van der Waals surface area contributed by atoms with E-state index in [1.165, 1.54) is 6.07 Å². The van der Waals surface area contributed by atoms with Crippen molar-refractivity contribution in [1.29, 1.82) is 0 Å². The summed E-state index contributed by atoms with van der Waals surface area (Å²) in [5, 5.41) is 6.04. The average Bonchev–Trinajstić information content (AvgIpc) is 2.65. The molecule has 1 fully saturated rings. The first-order valence-electron chi connectivity index (χ1n) is 8.91. The number of hydrogen-bond acceptors (Lipinski definition) is 4. The number of hydrogen-bond donors (Lipinski definition) is 2. The van der Waals surface area contributed by atoms with E-state index in [2.05, 4.69) is 41.4 Å². The summed E-state index contributed by atoms with van der Waals surface area (Å²) < 4.78 is 19.6. The Morgan fingerprint density at radius 1 is 1.30 bits per heavy atom. The van der Waals surface area contributed by atoms with Crippen LogP contribution in [0.2, 0.25) is 0 Å². The summed E-state index contributed by atoms with van der Waals surface area (Å²) in [5.74, 6) is 0.492. The van der Waals surface area contributed by atoms with Crippen LogP contribution in [0.5, 0.6) is 0 Å². The Labute approximate surface area is 168 Å². The molecule has 1 aliphatic rings. The summed E-state index contributed by atoms with van der Waals surface area (Å²) in [5.41, 5.74) is 0.589. The van der Waals surface area contributed by atoms with E-state index in [1.54, 1.807) is 20.2 Å². The summed E-state index contributed by atoms with van der Waals surface area (Å²) in [4.78, 5) is 20.4. The summed E-state index contributed by atoms with van der Waals surface area (Å²) in [6, 6.07) is 5.02. The van der Waals surface area contributed by atoms with Crippen LogP contribution in [0.15, 0.2) is 27.7 Å². The molecule has 0 radical (unpaired) electrons. The van der Waals surface area contributed by atoms with Crippen molar-refractivity contribution in [3.8, 4) is 0 Å². The van der Waals surface area contributed by atoms with Crippen LogP contribution in [0.4, 0.5) is 4.39 Å². The maximum absolute atomic E-state index is 14.0. The van der Waals surface area contributed by atoms with Gasteiger partial charge in [-0.1, -0.05) is 22.0 Å². The second-order valence-electron chi connectivity index (χ2n) is 6.24. The average molecular weight is 444 g/mol. The van der Waals surface area contributed by atoms with Gasteiger partial charge in [0.2, 0.25) is 5.91 Å². The molecular formula is C18H27BrFN5O2. The number of rotatable bonds is 7. The number of ether oxygens (including phenoxy) is 1. The number of aliphatic imine (C=N–C) groups is 1. The number of halogens is 2. The van der Waals surface area contributed by atoms with Crippen LogP contribution < -0.4 is 10.6 Å². The lowest BCUT2D eigenvalue weighted by Gasteiger charge is -2.36. The van der Waals surface area contributed by atoms with Crippen LogP contribution in [0.3, 0.4) is 0 Å². The molecule has 27 heavy (non-hydrogen) atoms. The quantitative estimate of drug-likeness (QED) is 0.374. The SMILES string of the molecule is CN=C(NCc1ccc(Br)cc1F)N1CCN(CC(=O)NCCOC)CC1. The van der Waals surface area contributed by atoms with Crippen molar-refractivity contribution in [2.45, 2.75) is 6.54 Å². The van der Waals surface area contributed by atoms with E-state index in [9.17, 15) is 9.18 Å². The second kappa shape index (κ2) is 11.2. The third kappa shape index (κ3) is 7.08. The zero-order valence-electron chi connectivity index (χ0n) is 15.8. The van der Waals surface area contributed by atoms with Crippen LogP contribution in [0.1, 0.15) is 5.56 Å². The fourth-order valence-corrected chi connectivity index (χ4v) is 3.17. The van der Waals surface area contributed by atoms with Crippen LogP contribution in [-0.4, -0.2) is 81.7 Å². The number of piperazine rings is 1. The number of benzene rings is 1. The van der Waals surface area contributed by atoms with Gasteiger partial charge in [0, 0.05) is 63.5 Å². The van der Waals surface area contributed by atoms with Gasteiger partial charge in [-0.05, 0) is 12.1 Å². The van der Waals surface area contributed by atoms with E-state index in [4.69, 9.17) is 4.74 Å². The molecule has 2 rings (SSSR count). The highest BCUT2D eigenvalue weighted by Crippen LogP contribution is 2.15. The first-order chi connectivity index (χ1) is 13.0. The highest BCUT2D eigenvalue weighted by molar-refractivity contribution is 9.10. The number of carbonyl (C=O) groups excluding carboxylic acids is 1. The third-order valence-electron chi connectivity index (χ3n) is 4.33. The van der Waals surface area contributed by atoms with E-state index in [0.29, 0.717) is 31.8 Å². The van der Waals surface area contributed by atoms with Gasteiger partial charge in [0.25, 0.3) is 0 Å². The van der Waals surface area contributed by atoms with Gasteiger partial charge >= 0.3 is 0 Å². The van der Waals surface area contributed by atoms with Gasteiger partial charge in [0.05, 0.1) is 13.2 Å². The van der Waals surface area contributed by atoms with E-state index in [-0.39, 0.29) is 11.7 Å². The molecule has 1 aromatic rings. The Morgan fingerprint density at radius 2 is 2.04 bits per heavy atom. The normalized spacial score (nSPS) is 15.7. The number of amides is 1. The summed E-state index contributed by atoms with van der Waals surface area (Å²) >= 11 is 3.26. The molecule has 0 unspecified atom stereocenters. The van der Waals surface area contributed by atoms with Gasteiger partial charge in [-0.2, -0.15) is 0 Å². The topological polar surface area (TPSA) is 69.2 Å². The van der Waals surface area contributed by atoms with Gasteiger partial charge in [-0.15, -0.1) is 0 Å². The first kappa shape index (κ1) is 21.6. The lowest BCUT2D eigenvalue weighted by Crippen LogP contribution is -2.54. The van der Waals surface area contributed by atoms with Crippen molar-refractivity contribution < 1.29 is 13.9 Å². The maximum atomic E-state index is 14.0. The number of carbonyl (C=O) groups is 1. The molecule has 9 heteroatoms. The minimum Gasteiger partial charge on any atom is -0.383 e. The van der Waals surface area contributed by atoms with Crippen LogP contribution >= 0.6 is 15.9 Å². The minimum absolute atomic E-state index is 0.00807. The zero-order valence-corrected chi connectivity index (χ0v) is 17.4. The van der Waals surface area contributed by atoms with Crippen molar-refractivity contribution in [1.82, 2.24) is 20.4 Å². The van der Waals surface area contributed by atoms with Gasteiger partial charge in [-0.3, -0.25) is 14.7 Å². The van der Waals surface area contributed by atoms with Crippen LogP contribution in [-0.2, 0) is 16.1 Å². The largest absolute Gasteiger partial charge is 0.383 e. The Balaban J connectivity index is 1.77. The molecule has 2 N–H and O–H groups in total. The molecule has 1 amide bonds. The Morgan fingerprint density at radius 3 is 2.67 bits per heavy atom. The van der Waals surface area contributed by atoms with Crippen molar-refractivity contribution >= 4 is 27.8 Å². The van der Waals surface area contributed by atoms with Gasteiger partial charge in [-0.25, -0.2) is 4.39 Å². The third-order valence-corrected chi connectivity index (χ3v) is 4.82. The smallest absolute Gasteiger partial charge is 0.234 e. The molecule has 150 valence electrons. The zero-order chi connectivity index (χ0) is 19.6. The fourth-order valence-electron chi connectivity index (χ4n) is 2.84. The molecule has 1 heterocycles. The predicted octanol–water partition coefficient (Wildman–Crippen LogP) is 1.04. The predicted molar refractivity (Wildman–Crippen MR) is 107 cm³/mol. The lowest BCUT2D eigenvalue weighted by molar-refractivity contribution is -0.122. The number of guanidine groups is 1. The van der Waals surface area contributed by atoms with Gasteiger partial charge in [0.1, 0.15) is 5.82 Å². The molecule has 0 atom stereocenters. The summed E-state index contributed by atoms with van der Waals surface area (Å²) in [6.07, 6.45) is 0. The molecule has 0 bridgehead atoms. The van der Waals surface area contributed by atoms with E-state index >= 15 is 0 Å². The molecule has 1 aromatic carbocycles. The molecule has 0 saturated carbocycles. The van der Waals surface area contributed by atoms with E-state index in [0.717, 1.165) is 36.6 Å². The number of nitrogens with zero attached hydrogens (tertiary/aromatic N) is 3. The summed E-state index contributed by atoms with van der Waals surface area (Å²) in [6.45, 7) is 4.85. The number of nitrogens with one attached hydrogen (secondary N) is 2. The van der Waals surface area contributed by atoms with Gasteiger partial charge < -0.3 is 20.3 Å². The van der Waals surface area contributed by atoms with E-state index < -0.39 is 0 Å². The second-order valence-corrected chi connectivity index (χ2v) is 7.16. The molecule has 0 spiro atoms. The fraction of sp³-hybridized carbons (Fsp3) is 0.556. The molecule has 1 aliphatic heterocycles. The Kier molecular flexibility index (Phi) is 8.96.